The molecule has 0 radical (unpaired) electrons. The topological polar surface area (TPSA) is 114 Å². The molecule has 0 saturated carbocycles. The summed E-state index contributed by atoms with van der Waals surface area (Å²) in [6.45, 7) is 0.954. The second-order valence-electron chi connectivity index (χ2n) is 6.89. The molecule has 2 aliphatic rings. The number of rotatable bonds is 4. The van der Waals surface area contributed by atoms with Crippen LogP contribution < -0.4 is 20.3 Å². The Bertz CT molecular complexity index is 1060. The van der Waals surface area contributed by atoms with Crippen molar-refractivity contribution in [2.45, 2.75) is 23.8 Å². The van der Waals surface area contributed by atoms with Crippen LogP contribution in [0, 0.1) is 0 Å². The third kappa shape index (κ3) is 3.96. The van der Waals surface area contributed by atoms with Crippen LogP contribution in [0.1, 0.15) is 23.2 Å². The summed E-state index contributed by atoms with van der Waals surface area (Å²) in [7, 11) is -3.93. The molecule has 0 bridgehead atoms. The third-order valence-corrected chi connectivity index (χ3v) is 6.87. The first-order chi connectivity index (χ1) is 14.5. The van der Waals surface area contributed by atoms with Crippen molar-refractivity contribution in [3.8, 4) is 11.5 Å². The van der Waals surface area contributed by atoms with Gasteiger partial charge in [0.15, 0.2) is 11.5 Å². The number of ether oxygens (including phenoxy) is 2. The number of amides is 2. The van der Waals surface area contributed by atoms with Gasteiger partial charge in [-0.1, -0.05) is 18.2 Å². The van der Waals surface area contributed by atoms with Crippen LogP contribution in [0.3, 0.4) is 0 Å². The van der Waals surface area contributed by atoms with Crippen molar-refractivity contribution in [3.63, 3.8) is 0 Å². The zero-order valence-electron chi connectivity index (χ0n) is 16.0. The number of nitrogens with zero attached hydrogens (tertiary/aromatic N) is 1. The van der Waals surface area contributed by atoms with Gasteiger partial charge in [0.2, 0.25) is 10.0 Å². The molecule has 1 saturated heterocycles. The van der Waals surface area contributed by atoms with Crippen LogP contribution in [0.2, 0.25) is 0 Å². The predicted octanol–water partition coefficient (Wildman–Crippen LogP) is 1.07. The van der Waals surface area contributed by atoms with Crippen LogP contribution >= 0.6 is 0 Å². The van der Waals surface area contributed by atoms with E-state index in [1.54, 1.807) is 36.4 Å². The van der Waals surface area contributed by atoms with Gasteiger partial charge in [0.1, 0.15) is 19.3 Å². The van der Waals surface area contributed by atoms with Crippen LogP contribution in [0.25, 0.3) is 0 Å². The maximum atomic E-state index is 13.2. The number of hydrogen-bond donors (Lipinski definition) is 2. The highest BCUT2D eigenvalue weighted by Crippen LogP contribution is 2.34. The summed E-state index contributed by atoms with van der Waals surface area (Å²) >= 11 is 0. The number of sulfonamides is 1. The average molecular weight is 431 g/mol. The summed E-state index contributed by atoms with van der Waals surface area (Å²) in [4.78, 5) is 24.8. The summed E-state index contributed by atoms with van der Waals surface area (Å²) in [6, 6.07) is 11.9. The van der Waals surface area contributed by atoms with Crippen molar-refractivity contribution in [1.29, 1.82) is 0 Å². The average Bonchev–Trinajstić information content (AvgIpc) is 3.28. The van der Waals surface area contributed by atoms with Crippen LogP contribution in [0.4, 0.5) is 0 Å². The monoisotopic (exact) mass is 431 g/mol. The van der Waals surface area contributed by atoms with Crippen LogP contribution in [0.5, 0.6) is 11.5 Å². The molecule has 158 valence electrons. The number of fused-ring (bicyclic) bond motifs is 1. The molecule has 30 heavy (non-hydrogen) atoms. The predicted molar refractivity (Wildman–Crippen MR) is 106 cm³/mol. The number of hydrogen-bond acceptors (Lipinski definition) is 6. The summed E-state index contributed by atoms with van der Waals surface area (Å²) < 4.78 is 38.4. The van der Waals surface area contributed by atoms with E-state index in [-0.39, 0.29) is 11.4 Å². The molecule has 2 aliphatic heterocycles. The molecule has 2 N–H and O–H groups in total. The van der Waals surface area contributed by atoms with E-state index in [0.717, 1.165) is 4.31 Å². The van der Waals surface area contributed by atoms with Gasteiger partial charge < -0.3 is 9.47 Å². The van der Waals surface area contributed by atoms with Gasteiger partial charge in [-0.2, -0.15) is 4.31 Å². The zero-order chi connectivity index (χ0) is 21.1. The lowest BCUT2D eigenvalue weighted by Crippen LogP contribution is -2.51. The molecule has 10 heteroatoms. The van der Waals surface area contributed by atoms with E-state index in [1.165, 1.54) is 12.1 Å². The Morgan fingerprint density at radius 2 is 1.70 bits per heavy atom. The number of hydrazine groups is 1. The molecule has 4 rings (SSSR count). The van der Waals surface area contributed by atoms with Gasteiger partial charge >= 0.3 is 0 Å². The summed E-state index contributed by atoms with van der Waals surface area (Å²) in [5.74, 6) is -0.224. The van der Waals surface area contributed by atoms with E-state index in [0.29, 0.717) is 43.1 Å². The van der Waals surface area contributed by atoms with E-state index in [1.807, 2.05) is 0 Å². The first-order valence-electron chi connectivity index (χ1n) is 9.53. The number of carbonyl (C=O) groups excluding carboxylic acids is 2. The second-order valence-corrected chi connectivity index (χ2v) is 8.78. The number of carbonyl (C=O) groups is 2. The lowest BCUT2D eigenvalue weighted by atomic mass is 10.2. The van der Waals surface area contributed by atoms with E-state index >= 15 is 0 Å². The molecule has 2 amide bonds. The minimum Gasteiger partial charge on any atom is -0.486 e. The molecule has 2 heterocycles. The molecule has 1 unspecified atom stereocenters. The highest BCUT2D eigenvalue weighted by Gasteiger charge is 2.40. The van der Waals surface area contributed by atoms with Gasteiger partial charge in [-0.05, 0) is 37.1 Å². The minimum absolute atomic E-state index is 0.0276. The highest BCUT2D eigenvalue weighted by atomic mass is 32.2. The first kappa shape index (κ1) is 20.2. The second kappa shape index (κ2) is 8.33. The Morgan fingerprint density at radius 1 is 0.967 bits per heavy atom. The normalized spacial score (nSPS) is 18.6. The molecule has 1 atom stereocenters. The Kier molecular flexibility index (Phi) is 5.60. The Labute approximate surface area is 174 Å². The lowest BCUT2D eigenvalue weighted by Gasteiger charge is -2.24. The maximum Gasteiger partial charge on any atom is 0.269 e. The first-order valence-corrected chi connectivity index (χ1v) is 11.0. The Balaban J connectivity index is 1.47. The summed E-state index contributed by atoms with van der Waals surface area (Å²) in [5, 5.41) is 0. The molecule has 2 aromatic carbocycles. The Hall–Kier alpha value is -3.11. The van der Waals surface area contributed by atoms with Crippen molar-refractivity contribution < 1.29 is 27.5 Å². The SMILES string of the molecule is O=C(NNC(=O)C1CCCN1S(=O)(=O)c1ccc2c(c1)OCCO2)c1ccccc1. The number of nitrogens with one attached hydrogen (secondary N) is 2. The fourth-order valence-electron chi connectivity index (χ4n) is 3.47. The van der Waals surface area contributed by atoms with Crippen LogP contribution in [-0.2, 0) is 14.8 Å². The van der Waals surface area contributed by atoms with Crippen molar-refractivity contribution in [1.82, 2.24) is 15.2 Å². The minimum atomic E-state index is -3.93. The molecule has 0 aromatic heterocycles. The summed E-state index contributed by atoms with van der Waals surface area (Å²) in [5.41, 5.74) is 5.05. The molecule has 9 nitrogen and oxygen atoms in total. The Morgan fingerprint density at radius 3 is 2.47 bits per heavy atom. The van der Waals surface area contributed by atoms with E-state index in [9.17, 15) is 18.0 Å². The van der Waals surface area contributed by atoms with Crippen molar-refractivity contribution in [3.05, 3.63) is 54.1 Å². The highest BCUT2D eigenvalue weighted by molar-refractivity contribution is 7.89. The van der Waals surface area contributed by atoms with Crippen LogP contribution in [-0.4, -0.2) is 50.3 Å². The van der Waals surface area contributed by atoms with Crippen molar-refractivity contribution >= 4 is 21.8 Å². The molecule has 1 fully saturated rings. The maximum absolute atomic E-state index is 13.2. The standard InChI is InChI=1S/C20H21N3O6S/c24-19(14-5-2-1-3-6-14)21-22-20(25)16-7-4-10-23(16)30(26,27)15-8-9-17-18(13-15)29-12-11-28-17/h1-3,5-6,8-9,13,16H,4,7,10-12H2,(H,21,24)(H,22,25). The molecule has 2 aromatic rings. The molecular formula is C20H21N3O6S. The molecule has 0 spiro atoms. The van der Waals surface area contributed by atoms with Gasteiger partial charge in [0, 0.05) is 18.2 Å². The fraction of sp³-hybridized carbons (Fsp3) is 0.300. The van der Waals surface area contributed by atoms with Crippen molar-refractivity contribution in [2.24, 2.45) is 0 Å². The number of benzene rings is 2. The van der Waals surface area contributed by atoms with Gasteiger partial charge in [-0.25, -0.2) is 8.42 Å². The molecular weight excluding hydrogens is 410 g/mol. The zero-order valence-corrected chi connectivity index (χ0v) is 16.9. The van der Waals surface area contributed by atoms with Crippen molar-refractivity contribution in [2.75, 3.05) is 19.8 Å². The summed E-state index contributed by atoms with van der Waals surface area (Å²) in [6.07, 6.45) is 0.894. The lowest BCUT2D eigenvalue weighted by molar-refractivity contribution is -0.125. The van der Waals surface area contributed by atoms with Crippen LogP contribution in [0.15, 0.2) is 53.4 Å². The third-order valence-electron chi connectivity index (χ3n) is 4.96. The quantitative estimate of drug-likeness (QED) is 0.700. The van der Waals surface area contributed by atoms with E-state index in [2.05, 4.69) is 10.9 Å². The largest absolute Gasteiger partial charge is 0.486 e. The molecule has 0 aliphatic carbocycles. The van der Waals surface area contributed by atoms with Gasteiger partial charge in [-0.15, -0.1) is 0 Å². The van der Waals surface area contributed by atoms with Gasteiger partial charge in [-0.3, -0.25) is 20.4 Å². The van der Waals surface area contributed by atoms with E-state index < -0.39 is 27.9 Å². The van der Waals surface area contributed by atoms with Gasteiger partial charge in [0.05, 0.1) is 4.90 Å². The van der Waals surface area contributed by atoms with Gasteiger partial charge in [0.25, 0.3) is 11.8 Å². The van der Waals surface area contributed by atoms with E-state index in [4.69, 9.17) is 9.47 Å². The fourth-order valence-corrected chi connectivity index (χ4v) is 5.15. The smallest absolute Gasteiger partial charge is 0.269 e.